The topological polar surface area (TPSA) is 49.7 Å². The molecule has 0 radical (unpaired) electrons. The van der Waals surface area contributed by atoms with E-state index >= 15 is 0 Å². The average molecular weight is 475 g/mol. The van der Waals surface area contributed by atoms with E-state index in [9.17, 15) is 19.0 Å². The van der Waals surface area contributed by atoms with E-state index in [1.165, 1.54) is 0 Å². The molecule has 0 aromatic heterocycles. The van der Waals surface area contributed by atoms with Gasteiger partial charge in [0.15, 0.2) is 0 Å². The van der Waals surface area contributed by atoms with E-state index in [1.54, 1.807) is 6.92 Å². The van der Waals surface area contributed by atoms with Crippen LogP contribution in [0.5, 0.6) is 0 Å². The SMILES string of the molecule is C[C@@H](COC(c1ccccc1)(c1ccccc1)c1ccccc1)[C@](O)(CO)c1ccc(F)cc1F. The summed E-state index contributed by atoms with van der Waals surface area (Å²) in [7, 11) is 0. The Kier molecular flexibility index (Phi) is 7.41. The van der Waals surface area contributed by atoms with E-state index in [2.05, 4.69) is 0 Å². The number of hydrogen-bond acceptors (Lipinski definition) is 3. The standard InChI is InChI=1S/C30H28F2O3/c1-22(29(34,21-33)27-18-17-26(31)19-28(27)32)20-35-30(23-11-5-2-6-12-23,24-13-7-3-8-14-24)25-15-9-4-10-16-25/h2-19,22,33-34H,20-21H2,1H3/t22-,29+/m0/s1. The molecule has 0 saturated heterocycles. The first kappa shape index (κ1) is 24.7. The second-order valence-electron chi connectivity index (χ2n) is 8.70. The van der Waals surface area contributed by atoms with Crippen molar-refractivity contribution in [2.75, 3.05) is 13.2 Å². The summed E-state index contributed by atoms with van der Waals surface area (Å²) in [5, 5.41) is 21.5. The van der Waals surface area contributed by atoms with Crippen molar-refractivity contribution >= 4 is 0 Å². The van der Waals surface area contributed by atoms with Crippen LogP contribution in [-0.2, 0) is 15.9 Å². The maximum atomic E-state index is 14.6. The lowest BCUT2D eigenvalue weighted by molar-refractivity contribution is -0.108. The highest BCUT2D eigenvalue weighted by atomic mass is 19.1. The third-order valence-electron chi connectivity index (χ3n) is 6.54. The molecule has 0 unspecified atom stereocenters. The smallest absolute Gasteiger partial charge is 0.143 e. The molecular weight excluding hydrogens is 446 g/mol. The predicted octanol–water partition coefficient (Wildman–Crippen LogP) is 5.79. The van der Waals surface area contributed by atoms with E-state index < -0.39 is 35.4 Å². The fourth-order valence-electron chi connectivity index (χ4n) is 4.50. The summed E-state index contributed by atoms with van der Waals surface area (Å²) in [5.41, 5.74) is -0.550. The van der Waals surface area contributed by atoms with Gasteiger partial charge in [0.2, 0.25) is 0 Å². The summed E-state index contributed by atoms with van der Waals surface area (Å²) >= 11 is 0. The van der Waals surface area contributed by atoms with Gasteiger partial charge in [-0.3, -0.25) is 0 Å². The summed E-state index contributed by atoms with van der Waals surface area (Å²) in [4.78, 5) is 0. The number of hydrogen-bond donors (Lipinski definition) is 2. The predicted molar refractivity (Wildman–Crippen MR) is 132 cm³/mol. The molecule has 3 nitrogen and oxygen atoms in total. The summed E-state index contributed by atoms with van der Waals surface area (Å²) in [6, 6.07) is 32.1. The van der Waals surface area contributed by atoms with Gasteiger partial charge in [-0.2, -0.15) is 0 Å². The van der Waals surface area contributed by atoms with Crippen molar-refractivity contribution in [3.63, 3.8) is 0 Å². The van der Waals surface area contributed by atoms with Crippen molar-refractivity contribution in [3.8, 4) is 0 Å². The lowest BCUT2D eigenvalue weighted by atomic mass is 9.79. The molecule has 0 bridgehead atoms. The summed E-state index contributed by atoms with van der Waals surface area (Å²) in [6.07, 6.45) is 0. The van der Waals surface area contributed by atoms with Crippen molar-refractivity contribution in [2.24, 2.45) is 5.92 Å². The molecule has 0 amide bonds. The van der Waals surface area contributed by atoms with Gasteiger partial charge in [0.25, 0.3) is 0 Å². The van der Waals surface area contributed by atoms with Crippen LogP contribution in [0.15, 0.2) is 109 Å². The van der Waals surface area contributed by atoms with Crippen LogP contribution in [0.1, 0.15) is 29.2 Å². The van der Waals surface area contributed by atoms with Crippen LogP contribution in [0.25, 0.3) is 0 Å². The number of aliphatic hydroxyl groups is 2. The maximum absolute atomic E-state index is 14.6. The minimum Gasteiger partial charge on any atom is -0.393 e. The van der Waals surface area contributed by atoms with Crippen molar-refractivity contribution < 1.29 is 23.7 Å². The average Bonchev–Trinajstić information content (AvgIpc) is 2.90. The molecule has 0 saturated carbocycles. The highest BCUT2D eigenvalue weighted by Gasteiger charge is 2.42. The monoisotopic (exact) mass is 474 g/mol. The van der Waals surface area contributed by atoms with Crippen LogP contribution >= 0.6 is 0 Å². The molecule has 2 N–H and O–H groups in total. The summed E-state index contributed by atoms with van der Waals surface area (Å²) < 4.78 is 34.8. The molecule has 2 atom stereocenters. The number of halogens is 2. The first-order chi connectivity index (χ1) is 16.9. The Morgan fingerprint density at radius 3 is 1.60 bits per heavy atom. The molecule has 0 spiro atoms. The van der Waals surface area contributed by atoms with Crippen LogP contribution < -0.4 is 0 Å². The molecule has 0 fully saturated rings. The van der Waals surface area contributed by atoms with Crippen molar-refractivity contribution in [1.82, 2.24) is 0 Å². The zero-order valence-corrected chi connectivity index (χ0v) is 19.4. The molecule has 35 heavy (non-hydrogen) atoms. The Balaban J connectivity index is 1.79. The van der Waals surface area contributed by atoms with Crippen LogP contribution in [0.3, 0.4) is 0 Å². The van der Waals surface area contributed by atoms with E-state index in [-0.39, 0.29) is 12.2 Å². The van der Waals surface area contributed by atoms with Crippen LogP contribution in [-0.4, -0.2) is 23.4 Å². The van der Waals surface area contributed by atoms with E-state index in [0.29, 0.717) is 6.07 Å². The van der Waals surface area contributed by atoms with Crippen LogP contribution in [0.2, 0.25) is 0 Å². The first-order valence-electron chi connectivity index (χ1n) is 11.5. The fraction of sp³-hybridized carbons (Fsp3) is 0.200. The molecule has 0 aliphatic carbocycles. The molecule has 180 valence electrons. The minimum atomic E-state index is -1.98. The highest BCUT2D eigenvalue weighted by molar-refractivity contribution is 5.47. The molecule has 4 aromatic carbocycles. The molecule has 4 rings (SSSR count). The lowest BCUT2D eigenvalue weighted by Gasteiger charge is -2.39. The number of benzene rings is 4. The van der Waals surface area contributed by atoms with Gasteiger partial charge in [0.1, 0.15) is 22.8 Å². The maximum Gasteiger partial charge on any atom is 0.143 e. The second-order valence-corrected chi connectivity index (χ2v) is 8.70. The molecule has 0 heterocycles. The van der Waals surface area contributed by atoms with Crippen molar-refractivity contribution in [1.29, 1.82) is 0 Å². The van der Waals surface area contributed by atoms with Gasteiger partial charge in [-0.1, -0.05) is 104 Å². The van der Waals surface area contributed by atoms with Gasteiger partial charge in [-0.25, -0.2) is 8.78 Å². The molecule has 5 heteroatoms. The highest BCUT2D eigenvalue weighted by Crippen LogP contribution is 2.42. The van der Waals surface area contributed by atoms with Crippen molar-refractivity contribution in [3.05, 3.63) is 143 Å². The van der Waals surface area contributed by atoms with E-state index in [4.69, 9.17) is 4.74 Å². The van der Waals surface area contributed by atoms with Gasteiger partial charge < -0.3 is 14.9 Å². The number of ether oxygens (including phenoxy) is 1. The van der Waals surface area contributed by atoms with E-state index in [0.717, 1.165) is 28.8 Å². The number of aliphatic hydroxyl groups excluding tert-OH is 1. The molecule has 0 aliphatic rings. The second kappa shape index (κ2) is 10.5. The Hall–Kier alpha value is -3.38. The third kappa shape index (κ3) is 4.76. The van der Waals surface area contributed by atoms with Gasteiger partial charge >= 0.3 is 0 Å². The van der Waals surface area contributed by atoms with Crippen LogP contribution in [0, 0.1) is 17.6 Å². The first-order valence-corrected chi connectivity index (χ1v) is 11.5. The Morgan fingerprint density at radius 1 is 0.743 bits per heavy atom. The zero-order chi connectivity index (χ0) is 24.9. The lowest BCUT2D eigenvalue weighted by Crippen LogP contribution is -2.43. The molecule has 4 aromatic rings. The summed E-state index contributed by atoms with van der Waals surface area (Å²) in [5.74, 6) is -2.43. The Labute approximate surface area is 204 Å². The normalized spacial score (nSPS) is 14.3. The quantitative estimate of drug-likeness (QED) is 0.302. The zero-order valence-electron chi connectivity index (χ0n) is 19.4. The van der Waals surface area contributed by atoms with Gasteiger partial charge in [0.05, 0.1) is 13.2 Å². The van der Waals surface area contributed by atoms with E-state index in [1.807, 2.05) is 91.0 Å². The fourth-order valence-corrected chi connectivity index (χ4v) is 4.50. The van der Waals surface area contributed by atoms with Gasteiger partial charge in [-0.15, -0.1) is 0 Å². The largest absolute Gasteiger partial charge is 0.393 e. The molecular formula is C30H28F2O3. The Morgan fingerprint density at radius 2 is 1.20 bits per heavy atom. The third-order valence-corrected chi connectivity index (χ3v) is 6.54. The van der Waals surface area contributed by atoms with Gasteiger partial charge in [0, 0.05) is 17.5 Å². The number of rotatable bonds is 9. The van der Waals surface area contributed by atoms with Crippen LogP contribution in [0.4, 0.5) is 8.78 Å². The molecule has 0 aliphatic heterocycles. The summed E-state index contributed by atoms with van der Waals surface area (Å²) in [6.45, 7) is 0.881. The van der Waals surface area contributed by atoms with Crippen molar-refractivity contribution in [2.45, 2.75) is 18.1 Å². The minimum absolute atomic E-state index is 0.0352. The van der Waals surface area contributed by atoms with Gasteiger partial charge in [-0.05, 0) is 22.8 Å². The Bertz CT molecular complexity index is 1140.